The molecule has 1 aromatic carbocycles. The van der Waals surface area contributed by atoms with Crippen molar-refractivity contribution < 1.29 is 4.74 Å². The standard InChI is InChI=1S/C11H15N5O/c1-16(2)9-4-3-5-10(8-9)17-7-6-11-12-14-15-13-11/h3-5,8H,6-7H2,1-2H3,(H,12,13,14,15). The van der Waals surface area contributed by atoms with Gasteiger partial charge in [-0.3, -0.25) is 0 Å². The van der Waals surface area contributed by atoms with E-state index < -0.39 is 0 Å². The van der Waals surface area contributed by atoms with Gasteiger partial charge in [0.25, 0.3) is 0 Å². The van der Waals surface area contributed by atoms with Crippen LogP contribution in [0.25, 0.3) is 0 Å². The zero-order chi connectivity index (χ0) is 12.1. The first kappa shape index (κ1) is 11.4. The van der Waals surface area contributed by atoms with Crippen LogP contribution in [0.15, 0.2) is 24.3 Å². The van der Waals surface area contributed by atoms with Crippen molar-refractivity contribution in [1.82, 2.24) is 20.6 Å². The monoisotopic (exact) mass is 233 g/mol. The molecule has 0 fully saturated rings. The fourth-order valence-electron chi connectivity index (χ4n) is 1.40. The highest BCUT2D eigenvalue weighted by Gasteiger charge is 2.01. The first-order valence-corrected chi connectivity index (χ1v) is 5.38. The van der Waals surface area contributed by atoms with Gasteiger partial charge in [0, 0.05) is 32.3 Å². The average Bonchev–Trinajstić information content (AvgIpc) is 2.82. The summed E-state index contributed by atoms with van der Waals surface area (Å²) < 4.78 is 5.62. The molecule has 0 saturated heterocycles. The molecule has 0 radical (unpaired) electrons. The van der Waals surface area contributed by atoms with Gasteiger partial charge in [-0.1, -0.05) is 11.3 Å². The van der Waals surface area contributed by atoms with Crippen molar-refractivity contribution in [3.63, 3.8) is 0 Å². The zero-order valence-electron chi connectivity index (χ0n) is 9.92. The number of hydrogen-bond donors (Lipinski definition) is 1. The number of tetrazole rings is 1. The number of aromatic amines is 1. The summed E-state index contributed by atoms with van der Waals surface area (Å²) in [6.07, 6.45) is 0.642. The van der Waals surface area contributed by atoms with E-state index in [0.29, 0.717) is 18.9 Å². The molecule has 6 heteroatoms. The van der Waals surface area contributed by atoms with E-state index in [2.05, 4.69) is 20.6 Å². The number of ether oxygens (including phenoxy) is 1. The van der Waals surface area contributed by atoms with E-state index in [9.17, 15) is 0 Å². The summed E-state index contributed by atoms with van der Waals surface area (Å²) in [5, 5.41) is 13.6. The van der Waals surface area contributed by atoms with Crippen molar-refractivity contribution in [3.05, 3.63) is 30.1 Å². The molecule has 6 nitrogen and oxygen atoms in total. The van der Waals surface area contributed by atoms with Crippen LogP contribution in [-0.4, -0.2) is 41.3 Å². The summed E-state index contributed by atoms with van der Waals surface area (Å²) in [6.45, 7) is 0.538. The molecule has 0 atom stereocenters. The van der Waals surface area contributed by atoms with Crippen LogP contribution in [0.3, 0.4) is 0 Å². The smallest absolute Gasteiger partial charge is 0.177 e. The molecule has 90 valence electrons. The van der Waals surface area contributed by atoms with E-state index >= 15 is 0 Å². The van der Waals surface area contributed by atoms with E-state index in [4.69, 9.17) is 4.74 Å². The molecule has 2 aromatic rings. The van der Waals surface area contributed by atoms with Gasteiger partial charge >= 0.3 is 0 Å². The quantitative estimate of drug-likeness (QED) is 0.830. The molecule has 0 unspecified atom stereocenters. The first-order valence-electron chi connectivity index (χ1n) is 5.38. The molecule has 17 heavy (non-hydrogen) atoms. The number of aromatic nitrogens is 4. The Balaban J connectivity index is 1.88. The van der Waals surface area contributed by atoms with E-state index in [1.54, 1.807) is 0 Å². The lowest BCUT2D eigenvalue weighted by molar-refractivity contribution is 0.319. The van der Waals surface area contributed by atoms with Crippen LogP contribution in [0.1, 0.15) is 5.82 Å². The molecule has 1 N–H and O–H groups in total. The Morgan fingerprint density at radius 3 is 2.94 bits per heavy atom. The molecular weight excluding hydrogens is 218 g/mol. The number of benzene rings is 1. The second kappa shape index (κ2) is 5.29. The number of nitrogens with one attached hydrogen (secondary N) is 1. The van der Waals surface area contributed by atoms with Crippen LogP contribution in [0.2, 0.25) is 0 Å². The van der Waals surface area contributed by atoms with Crippen molar-refractivity contribution in [1.29, 1.82) is 0 Å². The third-order valence-corrected chi connectivity index (χ3v) is 2.32. The molecule has 0 bridgehead atoms. The second-order valence-corrected chi connectivity index (χ2v) is 3.82. The van der Waals surface area contributed by atoms with Crippen molar-refractivity contribution >= 4 is 5.69 Å². The van der Waals surface area contributed by atoms with Crippen LogP contribution in [0, 0.1) is 0 Å². The number of anilines is 1. The minimum absolute atomic E-state index is 0.538. The van der Waals surface area contributed by atoms with Gasteiger partial charge < -0.3 is 9.64 Å². The molecule has 0 aliphatic rings. The lowest BCUT2D eigenvalue weighted by Crippen LogP contribution is -2.09. The lowest BCUT2D eigenvalue weighted by atomic mass is 10.3. The summed E-state index contributed by atoms with van der Waals surface area (Å²) in [5.41, 5.74) is 1.11. The molecule has 0 amide bonds. The average molecular weight is 233 g/mol. The molecular formula is C11H15N5O. The van der Waals surface area contributed by atoms with Gasteiger partial charge in [-0.2, -0.15) is 5.21 Å². The molecule has 0 aliphatic heterocycles. The van der Waals surface area contributed by atoms with Crippen LogP contribution < -0.4 is 9.64 Å². The summed E-state index contributed by atoms with van der Waals surface area (Å²) in [5.74, 6) is 1.51. The minimum Gasteiger partial charge on any atom is -0.493 e. The van der Waals surface area contributed by atoms with Crippen LogP contribution in [0.4, 0.5) is 5.69 Å². The Hall–Kier alpha value is -2.11. The highest BCUT2D eigenvalue weighted by molar-refractivity contribution is 5.49. The summed E-state index contributed by atoms with van der Waals surface area (Å²) in [4.78, 5) is 2.03. The molecule has 1 heterocycles. The number of nitrogens with zero attached hydrogens (tertiary/aromatic N) is 4. The summed E-state index contributed by atoms with van der Waals surface area (Å²) >= 11 is 0. The maximum atomic E-state index is 5.62. The van der Waals surface area contributed by atoms with Crippen LogP contribution in [0.5, 0.6) is 5.75 Å². The summed E-state index contributed by atoms with van der Waals surface area (Å²) in [7, 11) is 4.00. The number of H-pyrrole nitrogens is 1. The van der Waals surface area contributed by atoms with E-state index in [1.165, 1.54) is 0 Å². The number of rotatable bonds is 5. The summed E-state index contributed by atoms with van der Waals surface area (Å²) in [6, 6.07) is 7.94. The number of hydrogen-bond acceptors (Lipinski definition) is 5. The Labute approximate surface area is 99.6 Å². The Morgan fingerprint density at radius 2 is 2.24 bits per heavy atom. The van der Waals surface area contributed by atoms with Gasteiger partial charge in [0.2, 0.25) is 0 Å². The topological polar surface area (TPSA) is 66.9 Å². The largest absolute Gasteiger partial charge is 0.493 e. The van der Waals surface area contributed by atoms with Crippen molar-refractivity contribution in [3.8, 4) is 5.75 Å². The molecule has 0 spiro atoms. The fraction of sp³-hybridized carbons (Fsp3) is 0.364. The van der Waals surface area contributed by atoms with Gasteiger partial charge in [0.15, 0.2) is 5.82 Å². The lowest BCUT2D eigenvalue weighted by Gasteiger charge is -2.13. The fourth-order valence-corrected chi connectivity index (χ4v) is 1.40. The van der Waals surface area contributed by atoms with Gasteiger partial charge in [0.05, 0.1) is 6.61 Å². The Kier molecular flexibility index (Phi) is 3.54. The zero-order valence-corrected chi connectivity index (χ0v) is 9.92. The van der Waals surface area contributed by atoms with E-state index in [-0.39, 0.29) is 0 Å². The van der Waals surface area contributed by atoms with Crippen molar-refractivity contribution in [2.75, 3.05) is 25.6 Å². The highest BCUT2D eigenvalue weighted by Crippen LogP contribution is 2.19. The Bertz CT molecular complexity index is 455. The minimum atomic E-state index is 0.538. The first-order chi connectivity index (χ1) is 8.25. The van der Waals surface area contributed by atoms with Gasteiger partial charge in [-0.15, -0.1) is 10.2 Å². The normalized spacial score (nSPS) is 10.2. The van der Waals surface area contributed by atoms with Crippen LogP contribution in [-0.2, 0) is 6.42 Å². The predicted octanol–water partition coefficient (Wildman–Crippen LogP) is 0.887. The SMILES string of the molecule is CN(C)c1cccc(OCCc2nn[nH]n2)c1. The van der Waals surface area contributed by atoms with Gasteiger partial charge in [-0.25, -0.2) is 0 Å². The highest BCUT2D eigenvalue weighted by atomic mass is 16.5. The maximum absolute atomic E-state index is 5.62. The molecule has 2 rings (SSSR count). The van der Waals surface area contributed by atoms with Crippen molar-refractivity contribution in [2.45, 2.75) is 6.42 Å². The molecule has 1 aromatic heterocycles. The van der Waals surface area contributed by atoms with Crippen LogP contribution >= 0.6 is 0 Å². The molecule has 0 saturated carbocycles. The molecule has 0 aliphatic carbocycles. The second-order valence-electron chi connectivity index (χ2n) is 3.82. The third-order valence-electron chi connectivity index (χ3n) is 2.32. The van der Waals surface area contributed by atoms with Gasteiger partial charge in [-0.05, 0) is 12.1 Å². The predicted molar refractivity (Wildman–Crippen MR) is 64.1 cm³/mol. The van der Waals surface area contributed by atoms with E-state index in [0.717, 1.165) is 11.4 Å². The third kappa shape index (κ3) is 3.17. The Morgan fingerprint density at radius 1 is 1.35 bits per heavy atom. The van der Waals surface area contributed by atoms with Gasteiger partial charge in [0.1, 0.15) is 5.75 Å². The van der Waals surface area contributed by atoms with Crippen molar-refractivity contribution in [2.24, 2.45) is 0 Å². The van der Waals surface area contributed by atoms with E-state index in [1.807, 2.05) is 43.3 Å². The maximum Gasteiger partial charge on any atom is 0.177 e.